The predicted octanol–water partition coefficient (Wildman–Crippen LogP) is 3.99. The second-order valence-electron chi connectivity index (χ2n) is 5.37. The van der Waals surface area contributed by atoms with Gasteiger partial charge in [0, 0.05) is 17.8 Å². The number of hydrogen-bond acceptors (Lipinski definition) is 3. The summed E-state index contributed by atoms with van der Waals surface area (Å²) in [6.45, 7) is 10.8. The van der Waals surface area contributed by atoms with Gasteiger partial charge in [-0.3, -0.25) is 0 Å². The monoisotopic (exact) mass is 274 g/mol. The average molecular weight is 274 g/mol. The number of rotatable bonds is 3. The standard InChI is InChI=1S/C16H22N2S/c1-9-6-10(2)12(4)14(11(9)3)7-16-18-15(8-19-16)13(5)17/h6,8,13H,7,17H2,1-5H3. The van der Waals surface area contributed by atoms with Crippen LogP contribution in [0.3, 0.4) is 0 Å². The maximum absolute atomic E-state index is 5.87. The summed E-state index contributed by atoms with van der Waals surface area (Å²) in [6, 6.07) is 2.29. The highest BCUT2D eigenvalue weighted by atomic mass is 32.1. The van der Waals surface area contributed by atoms with Gasteiger partial charge in [0.15, 0.2) is 0 Å². The van der Waals surface area contributed by atoms with E-state index in [-0.39, 0.29) is 6.04 Å². The van der Waals surface area contributed by atoms with Gasteiger partial charge in [-0.1, -0.05) is 6.07 Å². The Morgan fingerprint density at radius 2 is 1.74 bits per heavy atom. The van der Waals surface area contributed by atoms with Crippen LogP contribution in [0.1, 0.15) is 51.5 Å². The molecule has 0 aliphatic heterocycles. The van der Waals surface area contributed by atoms with Crippen molar-refractivity contribution in [2.45, 2.75) is 47.1 Å². The summed E-state index contributed by atoms with van der Waals surface area (Å²) in [5.41, 5.74) is 13.8. The first-order chi connectivity index (χ1) is 8.90. The van der Waals surface area contributed by atoms with E-state index < -0.39 is 0 Å². The highest BCUT2D eigenvalue weighted by molar-refractivity contribution is 7.09. The van der Waals surface area contributed by atoms with Crippen molar-refractivity contribution in [2.24, 2.45) is 5.73 Å². The molecule has 19 heavy (non-hydrogen) atoms. The number of nitrogens with two attached hydrogens (primary N) is 1. The van der Waals surface area contributed by atoms with E-state index in [2.05, 4.69) is 44.1 Å². The quantitative estimate of drug-likeness (QED) is 0.919. The number of aromatic nitrogens is 1. The maximum atomic E-state index is 5.87. The zero-order chi connectivity index (χ0) is 14.2. The van der Waals surface area contributed by atoms with Crippen LogP contribution in [-0.2, 0) is 6.42 Å². The molecule has 1 aromatic heterocycles. The molecule has 0 fully saturated rings. The molecule has 0 bridgehead atoms. The largest absolute Gasteiger partial charge is 0.323 e. The van der Waals surface area contributed by atoms with Crippen molar-refractivity contribution in [1.29, 1.82) is 0 Å². The first kappa shape index (κ1) is 14.2. The molecule has 0 saturated heterocycles. The van der Waals surface area contributed by atoms with E-state index in [9.17, 15) is 0 Å². The van der Waals surface area contributed by atoms with Crippen molar-refractivity contribution in [1.82, 2.24) is 4.98 Å². The Morgan fingerprint density at radius 3 is 2.21 bits per heavy atom. The molecule has 2 N–H and O–H groups in total. The van der Waals surface area contributed by atoms with Crippen molar-refractivity contribution in [3.8, 4) is 0 Å². The molecule has 1 heterocycles. The van der Waals surface area contributed by atoms with Crippen LogP contribution in [-0.4, -0.2) is 4.98 Å². The first-order valence-corrected chi connectivity index (χ1v) is 7.54. The molecule has 0 saturated carbocycles. The van der Waals surface area contributed by atoms with Crippen molar-refractivity contribution in [2.75, 3.05) is 0 Å². The number of hydrogen-bond donors (Lipinski definition) is 1. The highest BCUT2D eigenvalue weighted by Gasteiger charge is 2.12. The molecular formula is C16H22N2S. The normalized spacial score (nSPS) is 12.7. The van der Waals surface area contributed by atoms with E-state index in [0.717, 1.165) is 17.1 Å². The minimum atomic E-state index is 0.0199. The van der Waals surface area contributed by atoms with Crippen molar-refractivity contribution in [3.63, 3.8) is 0 Å². The molecule has 3 heteroatoms. The van der Waals surface area contributed by atoms with Crippen molar-refractivity contribution in [3.05, 3.63) is 50.0 Å². The molecule has 2 rings (SSSR count). The Hall–Kier alpha value is -1.19. The zero-order valence-corrected chi connectivity index (χ0v) is 13.2. The SMILES string of the molecule is Cc1cc(C)c(C)c(Cc2nc(C(C)N)cs2)c1C. The fourth-order valence-corrected chi connectivity index (χ4v) is 3.24. The Labute approximate surface area is 119 Å². The van der Waals surface area contributed by atoms with E-state index in [1.807, 2.05) is 6.92 Å². The van der Waals surface area contributed by atoms with E-state index in [1.54, 1.807) is 11.3 Å². The Bertz CT molecular complexity index is 571. The molecule has 2 aromatic rings. The lowest BCUT2D eigenvalue weighted by Crippen LogP contribution is -2.05. The topological polar surface area (TPSA) is 38.9 Å². The Kier molecular flexibility index (Phi) is 4.07. The molecule has 0 aliphatic rings. The van der Waals surface area contributed by atoms with Crippen LogP contribution >= 0.6 is 11.3 Å². The van der Waals surface area contributed by atoms with Gasteiger partial charge in [0.2, 0.25) is 0 Å². The second-order valence-corrected chi connectivity index (χ2v) is 6.31. The summed E-state index contributed by atoms with van der Waals surface area (Å²) in [5.74, 6) is 0. The summed E-state index contributed by atoms with van der Waals surface area (Å²) in [7, 11) is 0. The zero-order valence-electron chi connectivity index (χ0n) is 12.4. The fourth-order valence-electron chi connectivity index (χ4n) is 2.33. The average Bonchev–Trinajstić information content (AvgIpc) is 2.81. The first-order valence-electron chi connectivity index (χ1n) is 6.66. The predicted molar refractivity (Wildman–Crippen MR) is 82.9 cm³/mol. The van der Waals surface area contributed by atoms with Crippen LogP contribution < -0.4 is 5.73 Å². The smallest absolute Gasteiger partial charge is 0.0973 e. The minimum absolute atomic E-state index is 0.0199. The minimum Gasteiger partial charge on any atom is -0.323 e. The number of benzene rings is 1. The third-order valence-corrected chi connectivity index (χ3v) is 4.75. The van der Waals surface area contributed by atoms with Gasteiger partial charge >= 0.3 is 0 Å². The van der Waals surface area contributed by atoms with Gasteiger partial charge in [-0.15, -0.1) is 11.3 Å². The van der Waals surface area contributed by atoms with Gasteiger partial charge in [-0.25, -0.2) is 4.98 Å². The number of thiazole rings is 1. The third kappa shape index (κ3) is 2.88. The molecular weight excluding hydrogens is 252 g/mol. The van der Waals surface area contributed by atoms with Crippen molar-refractivity contribution >= 4 is 11.3 Å². The maximum Gasteiger partial charge on any atom is 0.0973 e. The molecule has 0 aliphatic carbocycles. The van der Waals surface area contributed by atoms with Crippen LogP contribution in [0.15, 0.2) is 11.4 Å². The number of aryl methyl sites for hydroxylation is 2. The molecule has 1 atom stereocenters. The number of nitrogens with zero attached hydrogens (tertiary/aromatic N) is 1. The van der Waals surface area contributed by atoms with E-state index in [4.69, 9.17) is 5.73 Å². The van der Waals surface area contributed by atoms with Gasteiger partial charge in [0.25, 0.3) is 0 Å². The van der Waals surface area contributed by atoms with Gasteiger partial charge < -0.3 is 5.73 Å². The van der Waals surface area contributed by atoms with Crippen LogP contribution in [0.2, 0.25) is 0 Å². The Morgan fingerprint density at radius 1 is 1.16 bits per heavy atom. The summed E-state index contributed by atoms with van der Waals surface area (Å²) in [4.78, 5) is 4.64. The lowest BCUT2D eigenvalue weighted by molar-refractivity contribution is 0.783. The second kappa shape index (κ2) is 5.43. The van der Waals surface area contributed by atoms with E-state index >= 15 is 0 Å². The van der Waals surface area contributed by atoms with Gasteiger partial charge in [-0.05, 0) is 62.4 Å². The molecule has 2 nitrogen and oxygen atoms in total. The lowest BCUT2D eigenvalue weighted by atomic mass is 9.92. The van der Waals surface area contributed by atoms with Crippen LogP contribution in [0.5, 0.6) is 0 Å². The molecule has 1 unspecified atom stereocenters. The lowest BCUT2D eigenvalue weighted by Gasteiger charge is -2.14. The van der Waals surface area contributed by atoms with Crippen LogP contribution in [0, 0.1) is 27.7 Å². The third-order valence-electron chi connectivity index (χ3n) is 3.89. The van der Waals surface area contributed by atoms with E-state index in [1.165, 1.54) is 27.8 Å². The summed E-state index contributed by atoms with van der Waals surface area (Å²) >= 11 is 1.71. The molecule has 1 aromatic carbocycles. The van der Waals surface area contributed by atoms with E-state index in [0.29, 0.717) is 0 Å². The van der Waals surface area contributed by atoms with Gasteiger partial charge in [0.1, 0.15) is 0 Å². The molecule has 102 valence electrons. The van der Waals surface area contributed by atoms with Gasteiger partial charge in [0.05, 0.1) is 10.7 Å². The molecule has 0 radical (unpaired) electrons. The molecule has 0 amide bonds. The summed E-state index contributed by atoms with van der Waals surface area (Å²) in [5, 5.41) is 3.23. The fraction of sp³-hybridized carbons (Fsp3) is 0.438. The summed E-state index contributed by atoms with van der Waals surface area (Å²) in [6.07, 6.45) is 0.914. The van der Waals surface area contributed by atoms with Crippen LogP contribution in [0.25, 0.3) is 0 Å². The molecule has 0 spiro atoms. The Balaban J connectivity index is 2.37. The van der Waals surface area contributed by atoms with Crippen LogP contribution in [0.4, 0.5) is 0 Å². The highest BCUT2D eigenvalue weighted by Crippen LogP contribution is 2.26. The van der Waals surface area contributed by atoms with Crippen molar-refractivity contribution < 1.29 is 0 Å². The summed E-state index contributed by atoms with van der Waals surface area (Å²) < 4.78 is 0. The van der Waals surface area contributed by atoms with Gasteiger partial charge in [-0.2, -0.15) is 0 Å².